The van der Waals surface area contributed by atoms with Gasteiger partial charge in [-0.3, -0.25) is 13.8 Å². The molecule has 0 saturated heterocycles. The fraction of sp³-hybridized carbons (Fsp3) is 0.360. The third-order valence-corrected chi connectivity index (χ3v) is 6.20. The first-order valence-electron chi connectivity index (χ1n) is 10.6. The first kappa shape index (κ1) is 24.7. The van der Waals surface area contributed by atoms with Crippen molar-refractivity contribution in [3.05, 3.63) is 77.9 Å². The Morgan fingerprint density at radius 3 is 2.26 bits per heavy atom. The average Bonchev–Trinajstić information content (AvgIpc) is 2.76. The van der Waals surface area contributed by atoms with Crippen molar-refractivity contribution >= 4 is 27.8 Å². The first-order valence-corrected chi connectivity index (χ1v) is 12.1. The number of allylic oxidation sites excluding steroid dienone is 1. The molecular formula is C25H30O5S. The van der Waals surface area contributed by atoms with Gasteiger partial charge in [-0.05, 0) is 42.9 Å². The second-order valence-corrected chi connectivity index (χ2v) is 9.23. The molecule has 166 valence electrons. The molecule has 0 aliphatic carbocycles. The highest BCUT2D eigenvalue weighted by Gasteiger charge is 2.19. The van der Waals surface area contributed by atoms with E-state index in [9.17, 15) is 18.0 Å². The number of rotatable bonds is 14. The second-order valence-electron chi connectivity index (χ2n) is 7.47. The molecule has 0 saturated carbocycles. The Balaban J connectivity index is 1.89. The molecule has 0 amide bonds. The maximum atomic E-state index is 12.5. The topological polar surface area (TPSA) is 77.5 Å². The van der Waals surface area contributed by atoms with Crippen LogP contribution in [0.5, 0.6) is 0 Å². The maximum Gasteiger partial charge on any atom is 0.267 e. The van der Waals surface area contributed by atoms with Gasteiger partial charge in [0.2, 0.25) is 0 Å². The van der Waals surface area contributed by atoms with Crippen LogP contribution in [0.2, 0.25) is 0 Å². The molecule has 2 aromatic carbocycles. The van der Waals surface area contributed by atoms with Crippen molar-refractivity contribution in [1.82, 2.24) is 0 Å². The van der Waals surface area contributed by atoms with Gasteiger partial charge in [-0.1, -0.05) is 66.7 Å². The van der Waals surface area contributed by atoms with E-state index in [4.69, 9.17) is 4.18 Å². The summed E-state index contributed by atoms with van der Waals surface area (Å²) < 4.78 is 28.6. The quantitative estimate of drug-likeness (QED) is 0.315. The third kappa shape index (κ3) is 10.3. The zero-order chi connectivity index (χ0) is 22.5. The largest absolute Gasteiger partial charge is 0.300 e. The molecular weight excluding hydrogens is 412 g/mol. The maximum absolute atomic E-state index is 12.5. The van der Waals surface area contributed by atoms with Crippen molar-refractivity contribution < 1.29 is 22.2 Å². The van der Waals surface area contributed by atoms with Gasteiger partial charge in [0.05, 0.1) is 12.4 Å². The zero-order valence-electron chi connectivity index (χ0n) is 17.9. The summed E-state index contributed by atoms with van der Waals surface area (Å²) in [5.41, 5.74) is 1.98. The second kappa shape index (κ2) is 13.0. The van der Waals surface area contributed by atoms with Crippen LogP contribution in [0.3, 0.4) is 0 Å². The van der Waals surface area contributed by atoms with Gasteiger partial charge in [-0.15, -0.1) is 0 Å². The van der Waals surface area contributed by atoms with E-state index in [-0.39, 0.29) is 49.1 Å². The standard InChI is InChI=1S/C25H30O5S/c1-2-30-31(28,29)18-17-23(19-22-11-7-4-8-12-22)20-25(27)16-15-24(26)14-13-21-9-5-3-6-10-21/h3-14,23H,2,15-20H2,1H3/b14-13+/t23-/m1/s1. The molecule has 6 heteroatoms. The summed E-state index contributed by atoms with van der Waals surface area (Å²) in [4.78, 5) is 24.6. The molecule has 0 spiro atoms. The van der Waals surface area contributed by atoms with E-state index in [2.05, 4.69) is 0 Å². The fourth-order valence-corrected chi connectivity index (χ4v) is 4.40. The van der Waals surface area contributed by atoms with Crippen LogP contribution in [-0.2, 0) is 30.3 Å². The Bertz CT molecular complexity index is 950. The Morgan fingerprint density at radius 2 is 1.61 bits per heavy atom. The van der Waals surface area contributed by atoms with Crippen LogP contribution >= 0.6 is 0 Å². The molecule has 0 heterocycles. The highest BCUT2D eigenvalue weighted by Crippen LogP contribution is 2.19. The Hall–Kier alpha value is -2.57. The van der Waals surface area contributed by atoms with Gasteiger partial charge in [0.1, 0.15) is 5.78 Å². The van der Waals surface area contributed by atoms with E-state index >= 15 is 0 Å². The number of carbonyl (C=O) groups is 2. The van der Waals surface area contributed by atoms with Crippen LogP contribution in [0.25, 0.3) is 6.08 Å². The number of benzene rings is 2. The lowest BCUT2D eigenvalue weighted by molar-refractivity contribution is -0.123. The Kier molecular flexibility index (Phi) is 10.3. The van der Waals surface area contributed by atoms with Gasteiger partial charge in [0.15, 0.2) is 5.78 Å². The minimum Gasteiger partial charge on any atom is -0.300 e. The normalized spacial score (nSPS) is 12.7. The molecule has 0 fully saturated rings. The van der Waals surface area contributed by atoms with E-state index in [1.54, 1.807) is 13.0 Å². The third-order valence-electron chi connectivity index (χ3n) is 4.87. The van der Waals surface area contributed by atoms with E-state index in [1.165, 1.54) is 6.08 Å². The van der Waals surface area contributed by atoms with Crippen LogP contribution in [0.15, 0.2) is 66.7 Å². The molecule has 31 heavy (non-hydrogen) atoms. The lowest BCUT2D eigenvalue weighted by Crippen LogP contribution is -2.18. The molecule has 2 aromatic rings. The van der Waals surface area contributed by atoms with Gasteiger partial charge in [0, 0.05) is 19.3 Å². The molecule has 0 aromatic heterocycles. The predicted octanol–water partition coefficient (Wildman–Crippen LogP) is 4.62. The smallest absolute Gasteiger partial charge is 0.267 e. The van der Waals surface area contributed by atoms with Crippen molar-refractivity contribution in [1.29, 1.82) is 0 Å². The van der Waals surface area contributed by atoms with E-state index < -0.39 is 10.1 Å². The molecule has 0 aliphatic heterocycles. The number of ketones is 2. The minimum absolute atomic E-state index is 0.0313. The summed E-state index contributed by atoms with van der Waals surface area (Å²) in [5.74, 6) is -0.378. The van der Waals surface area contributed by atoms with E-state index in [0.717, 1.165) is 11.1 Å². The fourth-order valence-electron chi connectivity index (χ4n) is 3.30. The van der Waals surface area contributed by atoms with Crippen LogP contribution in [0.1, 0.15) is 43.7 Å². The van der Waals surface area contributed by atoms with Crippen LogP contribution in [0, 0.1) is 5.92 Å². The molecule has 0 bridgehead atoms. The molecule has 5 nitrogen and oxygen atoms in total. The Morgan fingerprint density at radius 1 is 0.968 bits per heavy atom. The van der Waals surface area contributed by atoms with Gasteiger partial charge in [0.25, 0.3) is 10.1 Å². The molecule has 0 radical (unpaired) electrons. The average molecular weight is 443 g/mol. The van der Waals surface area contributed by atoms with Gasteiger partial charge in [-0.2, -0.15) is 8.42 Å². The van der Waals surface area contributed by atoms with Gasteiger partial charge in [-0.25, -0.2) is 0 Å². The van der Waals surface area contributed by atoms with Crippen LogP contribution in [-0.4, -0.2) is 32.3 Å². The zero-order valence-corrected chi connectivity index (χ0v) is 18.7. The van der Waals surface area contributed by atoms with Gasteiger partial charge < -0.3 is 0 Å². The summed E-state index contributed by atoms with van der Waals surface area (Å²) in [6.07, 6.45) is 4.73. The van der Waals surface area contributed by atoms with E-state index in [1.807, 2.05) is 60.7 Å². The number of hydrogen-bond donors (Lipinski definition) is 0. The molecule has 0 N–H and O–H groups in total. The van der Waals surface area contributed by atoms with Crippen molar-refractivity contribution in [2.75, 3.05) is 12.4 Å². The van der Waals surface area contributed by atoms with Crippen molar-refractivity contribution in [3.63, 3.8) is 0 Å². The van der Waals surface area contributed by atoms with E-state index in [0.29, 0.717) is 12.8 Å². The monoisotopic (exact) mass is 442 g/mol. The number of hydrogen-bond acceptors (Lipinski definition) is 5. The summed E-state index contributed by atoms with van der Waals surface area (Å²) in [6, 6.07) is 19.2. The molecule has 2 rings (SSSR count). The number of Topliss-reactive ketones (excluding diaryl/α,β-unsaturated/α-hetero) is 1. The highest BCUT2D eigenvalue weighted by atomic mass is 32.2. The predicted molar refractivity (Wildman–Crippen MR) is 123 cm³/mol. The van der Waals surface area contributed by atoms with Crippen LogP contribution in [0.4, 0.5) is 0 Å². The summed E-state index contributed by atoms with van der Waals surface area (Å²) in [5, 5.41) is 0. The SMILES string of the molecule is CCOS(=O)(=O)CC[C@@H](CC(=O)CCC(=O)/C=C/c1ccccc1)Cc1ccccc1. The molecule has 0 unspecified atom stereocenters. The van der Waals surface area contributed by atoms with Crippen molar-refractivity contribution in [3.8, 4) is 0 Å². The summed E-state index contributed by atoms with van der Waals surface area (Å²) in [7, 11) is -3.59. The minimum atomic E-state index is -3.59. The highest BCUT2D eigenvalue weighted by molar-refractivity contribution is 7.86. The lowest BCUT2D eigenvalue weighted by atomic mass is 9.91. The lowest BCUT2D eigenvalue weighted by Gasteiger charge is -2.16. The summed E-state index contributed by atoms with van der Waals surface area (Å²) in [6.45, 7) is 1.73. The van der Waals surface area contributed by atoms with Crippen molar-refractivity contribution in [2.45, 2.75) is 39.0 Å². The van der Waals surface area contributed by atoms with Crippen LogP contribution < -0.4 is 0 Å². The van der Waals surface area contributed by atoms with Gasteiger partial charge >= 0.3 is 0 Å². The number of carbonyl (C=O) groups excluding carboxylic acids is 2. The first-order chi connectivity index (χ1) is 14.9. The molecule has 1 atom stereocenters. The summed E-state index contributed by atoms with van der Waals surface area (Å²) >= 11 is 0. The Labute approximate surface area is 185 Å². The molecule has 0 aliphatic rings. The van der Waals surface area contributed by atoms with Crippen molar-refractivity contribution in [2.24, 2.45) is 5.92 Å².